The number of aliphatic hydroxyl groups is 1. The molecule has 0 heterocycles. The Labute approximate surface area is 65.2 Å². The lowest BCUT2D eigenvalue weighted by Gasteiger charge is -2.17. The monoisotopic (exact) mass is 160 g/mol. The first-order valence-electron chi connectivity index (χ1n) is 3.35. The number of hydrogen-bond donors (Lipinski definition) is 1. The molecular formula is C7H12O4. The molecule has 4 heteroatoms. The van der Waals surface area contributed by atoms with E-state index in [1.807, 2.05) is 0 Å². The van der Waals surface area contributed by atoms with Gasteiger partial charge in [0.1, 0.15) is 0 Å². The van der Waals surface area contributed by atoms with Gasteiger partial charge in [0.15, 0.2) is 5.60 Å². The average Bonchev–Trinajstić information content (AvgIpc) is 1.86. The molecule has 1 N–H and O–H groups in total. The minimum atomic E-state index is -1.55. The molecule has 0 spiro atoms. The quantitative estimate of drug-likeness (QED) is 0.464. The van der Waals surface area contributed by atoms with Crippen LogP contribution in [0.1, 0.15) is 27.2 Å². The second-order valence-electron chi connectivity index (χ2n) is 2.51. The summed E-state index contributed by atoms with van der Waals surface area (Å²) >= 11 is 0. The Morgan fingerprint density at radius 1 is 1.55 bits per heavy atom. The molecule has 64 valence electrons. The predicted molar refractivity (Wildman–Crippen MR) is 37.7 cm³/mol. The third-order valence-electron chi connectivity index (χ3n) is 1.36. The van der Waals surface area contributed by atoms with Crippen LogP contribution in [-0.4, -0.2) is 22.6 Å². The first kappa shape index (κ1) is 10.1. The molecule has 4 nitrogen and oxygen atoms in total. The van der Waals surface area contributed by atoms with Crippen molar-refractivity contribution in [2.75, 3.05) is 0 Å². The maximum Gasteiger partial charge on any atom is 0.345 e. The molecule has 0 amide bonds. The van der Waals surface area contributed by atoms with Crippen molar-refractivity contribution in [3.8, 4) is 0 Å². The largest absolute Gasteiger partial charge is 0.391 e. The zero-order chi connectivity index (χ0) is 9.07. The average molecular weight is 160 g/mol. The van der Waals surface area contributed by atoms with Gasteiger partial charge in [-0.05, 0) is 13.3 Å². The Morgan fingerprint density at radius 2 is 2.00 bits per heavy atom. The summed E-state index contributed by atoms with van der Waals surface area (Å²) < 4.78 is 4.18. The van der Waals surface area contributed by atoms with Gasteiger partial charge >= 0.3 is 11.9 Å². The minimum absolute atomic E-state index is 0.221. The SMILES string of the molecule is CCC(C)(O)C(=O)OC(C)=O. The molecule has 1 unspecified atom stereocenters. The van der Waals surface area contributed by atoms with E-state index >= 15 is 0 Å². The highest BCUT2D eigenvalue weighted by Crippen LogP contribution is 2.10. The fourth-order valence-electron chi connectivity index (χ4n) is 0.385. The summed E-state index contributed by atoms with van der Waals surface area (Å²) in [5.41, 5.74) is -1.55. The first-order chi connectivity index (χ1) is 4.90. The Hall–Kier alpha value is -0.900. The molecule has 0 fully saturated rings. The van der Waals surface area contributed by atoms with Crippen LogP contribution in [0, 0.1) is 0 Å². The van der Waals surface area contributed by atoms with Gasteiger partial charge in [0, 0.05) is 6.92 Å². The van der Waals surface area contributed by atoms with Crippen molar-refractivity contribution in [1.29, 1.82) is 0 Å². The van der Waals surface area contributed by atoms with Crippen molar-refractivity contribution >= 4 is 11.9 Å². The van der Waals surface area contributed by atoms with Crippen molar-refractivity contribution in [1.82, 2.24) is 0 Å². The van der Waals surface area contributed by atoms with E-state index in [-0.39, 0.29) is 6.42 Å². The lowest BCUT2D eigenvalue weighted by molar-refractivity contribution is -0.171. The Morgan fingerprint density at radius 3 is 2.27 bits per heavy atom. The fourth-order valence-corrected chi connectivity index (χ4v) is 0.385. The normalized spacial score (nSPS) is 15.3. The molecule has 0 aliphatic rings. The molecule has 0 aliphatic carbocycles. The van der Waals surface area contributed by atoms with Crippen molar-refractivity contribution in [2.45, 2.75) is 32.8 Å². The maximum absolute atomic E-state index is 10.8. The zero-order valence-electron chi connectivity index (χ0n) is 6.88. The second kappa shape index (κ2) is 3.48. The van der Waals surface area contributed by atoms with E-state index in [4.69, 9.17) is 0 Å². The van der Waals surface area contributed by atoms with E-state index in [2.05, 4.69) is 4.74 Å². The van der Waals surface area contributed by atoms with Crippen LogP contribution in [0.5, 0.6) is 0 Å². The second-order valence-corrected chi connectivity index (χ2v) is 2.51. The van der Waals surface area contributed by atoms with Crippen LogP contribution in [0.2, 0.25) is 0 Å². The lowest BCUT2D eigenvalue weighted by atomic mass is 10.1. The topological polar surface area (TPSA) is 63.6 Å². The predicted octanol–water partition coefficient (Wildman–Crippen LogP) is 0.237. The number of carbonyl (C=O) groups excluding carboxylic acids is 2. The van der Waals surface area contributed by atoms with Gasteiger partial charge in [0.25, 0.3) is 0 Å². The Balaban J connectivity index is 4.13. The van der Waals surface area contributed by atoms with Gasteiger partial charge in [-0.15, -0.1) is 0 Å². The summed E-state index contributed by atoms with van der Waals surface area (Å²) in [5, 5.41) is 9.21. The van der Waals surface area contributed by atoms with Crippen molar-refractivity contribution < 1.29 is 19.4 Å². The van der Waals surface area contributed by atoms with Crippen molar-refractivity contribution in [2.24, 2.45) is 0 Å². The molecule has 0 radical (unpaired) electrons. The van der Waals surface area contributed by atoms with Crippen LogP contribution in [-0.2, 0) is 14.3 Å². The summed E-state index contributed by atoms with van der Waals surface area (Å²) in [6.07, 6.45) is 0.221. The van der Waals surface area contributed by atoms with Crippen LogP contribution in [0.4, 0.5) is 0 Å². The van der Waals surface area contributed by atoms with Crippen LogP contribution < -0.4 is 0 Å². The molecule has 0 rings (SSSR count). The van der Waals surface area contributed by atoms with Gasteiger partial charge in [-0.2, -0.15) is 0 Å². The van der Waals surface area contributed by atoms with Crippen LogP contribution in [0.15, 0.2) is 0 Å². The molecule has 0 aromatic rings. The van der Waals surface area contributed by atoms with Crippen LogP contribution in [0.25, 0.3) is 0 Å². The van der Waals surface area contributed by atoms with E-state index in [9.17, 15) is 14.7 Å². The molecule has 11 heavy (non-hydrogen) atoms. The smallest absolute Gasteiger partial charge is 0.345 e. The van der Waals surface area contributed by atoms with Crippen LogP contribution in [0.3, 0.4) is 0 Å². The van der Waals surface area contributed by atoms with Crippen molar-refractivity contribution in [3.05, 3.63) is 0 Å². The first-order valence-corrected chi connectivity index (χ1v) is 3.35. The Kier molecular flexibility index (Phi) is 3.19. The summed E-state index contributed by atoms with van der Waals surface area (Å²) in [6.45, 7) is 4.04. The van der Waals surface area contributed by atoms with Gasteiger partial charge in [-0.1, -0.05) is 6.92 Å². The highest BCUT2D eigenvalue weighted by molar-refractivity contribution is 5.88. The minimum Gasteiger partial charge on any atom is -0.391 e. The third kappa shape index (κ3) is 3.13. The number of hydrogen-bond acceptors (Lipinski definition) is 4. The summed E-state index contributed by atoms with van der Waals surface area (Å²) in [7, 11) is 0. The van der Waals surface area contributed by atoms with E-state index in [0.29, 0.717) is 0 Å². The molecule has 0 aromatic carbocycles. The van der Waals surface area contributed by atoms with Gasteiger partial charge in [0.05, 0.1) is 0 Å². The molecule has 1 atom stereocenters. The van der Waals surface area contributed by atoms with Crippen LogP contribution >= 0.6 is 0 Å². The number of esters is 2. The molecule has 0 aliphatic heterocycles. The molecule has 0 saturated carbocycles. The van der Waals surface area contributed by atoms with E-state index < -0.39 is 17.5 Å². The van der Waals surface area contributed by atoms with Crippen molar-refractivity contribution in [3.63, 3.8) is 0 Å². The standard InChI is InChI=1S/C7H12O4/c1-4-7(3,10)6(9)11-5(2)8/h10H,4H2,1-3H3. The molecular weight excluding hydrogens is 148 g/mol. The number of ether oxygens (including phenoxy) is 1. The molecule has 0 bridgehead atoms. The molecule has 0 aromatic heterocycles. The highest BCUT2D eigenvalue weighted by Gasteiger charge is 2.30. The zero-order valence-corrected chi connectivity index (χ0v) is 6.88. The van der Waals surface area contributed by atoms with Gasteiger partial charge in [-0.3, -0.25) is 4.79 Å². The Bertz CT molecular complexity index is 171. The number of rotatable bonds is 2. The number of carbonyl (C=O) groups is 2. The van der Waals surface area contributed by atoms with Gasteiger partial charge in [0.2, 0.25) is 0 Å². The highest BCUT2D eigenvalue weighted by atomic mass is 16.6. The maximum atomic E-state index is 10.8. The summed E-state index contributed by atoms with van der Waals surface area (Å²) in [5.74, 6) is -1.60. The van der Waals surface area contributed by atoms with E-state index in [0.717, 1.165) is 6.92 Å². The van der Waals surface area contributed by atoms with E-state index in [1.165, 1.54) is 6.92 Å². The van der Waals surface area contributed by atoms with Gasteiger partial charge < -0.3 is 9.84 Å². The van der Waals surface area contributed by atoms with E-state index in [1.54, 1.807) is 6.92 Å². The molecule has 0 saturated heterocycles. The lowest BCUT2D eigenvalue weighted by Crippen LogP contribution is -2.36. The fraction of sp³-hybridized carbons (Fsp3) is 0.714. The van der Waals surface area contributed by atoms with Gasteiger partial charge in [-0.25, -0.2) is 4.79 Å². The summed E-state index contributed by atoms with van der Waals surface area (Å²) in [6, 6.07) is 0. The third-order valence-corrected chi connectivity index (χ3v) is 1.36. The summed E-state index contributed by atoms with van der Waals surface area (Å²) in [4.78, 5) is 21.1.